The summed E-state index contributed by atoms with van der Waals surface area (Å²) in [6.45, 7) is 12.3. The molecule has 1 aromatic carbocycles. The fourth-order valence-electron chi connectivity index (χ4n) is 2.73. The Morgan fingerprint density at radius 1 is 1.24 bits per heavy atom. The highest BCUT2D eigenvalue weighted by molar-refractivity contribution is 6.81. The lowest BCUT2D eigenvalue weighted by Gasteiger charge is -2.46. The van der Waals surface area contributed by atoms with E-state index in [9.17, 15) is 0 Å². The van der Waals surface area contributed by atoms with Crippen molar-refractivity contribution in [2.24, 2.45) is 5.92 Å². The van der Waals surface area contributed by atoms with Crippen LogP contribution in [0.25, 0.3) is 0 Å². The molecule has 118 valence electrons. The molecule has 1 atom stereocenters. The summed E-state index contributed by atoms with van der Waals surface area (Å²) in [5.41, 5.74) is -0.217. The second-order valence-electron chi connectivity index (χ2n) is 6.58. The molecule has 4 heteroatoms. The van der Waals surface area contributed by atoms with Gasteiger partial charge in [-0.2, -0.15) is 0 Å². The first-order valence-corrected chi connectivity index (χ1v) is 9.93. The molecule has 0 amide bonds. The van der Waals surface area contributed by atoms with E-state index in [1.165, 1.54) is 5.19 Å². The Bertz CT molecular complexity index is 443. The molecule has 21 heavy (non-hydrogen) atoms. The van der Waals surface area contributed by atoms with Gasteiger partial charge >= 0.3 is 8.56 Å². The van der Waals surface area contributed by atoms with E-state index in [1.54, 1.807) is 0 Å². The van der Waals surface area contributed by atoms with Crippen LogP contribution in [0.1, 0.15) is 34.6 Å². The second kappa shape index (κ2) is 6.61. The molecule has 0 aliphatic carbocycles. The molecule has 3 nitrogen and oxygen atoms in total. The average molecular weight is 308 g/mol. The molecule has 1 aliphatic rings. The van der Waals surface area contributed by atoms with Gasteiger partial charge in [0.1, 0.15) is 0 Å². The molecule has 0 spiro atoms. The fraction of sp³-hybridized carbons (Fsp3) is 0.647. The lowest BCUT2D eigenvalue weighted by atomic mass is 9.90. The first-order chi connectivity index (χ1) is 9.89. The Balaban J connectivity index is 2.30. The van der Waals surface area contributed by atoms with Gasteiger partial charge in [0.05, 0.1) is 18.8 Å². The van der Waals surface area contributed by atoms with Crippen LogP contribution in [-0.4, -0.2) is 33.5 Å². The Morgan fingerprint density at radius 2 is 1.86 bits per heavy atom. The molecular weight excluding hydrogens is 280 g/mol. The van der Waals surface area contributed by atoms with Gasteiger partial charge in [-0.25, -0.2) is 0 Å². The smallest absolute Gasteiger partial charge is 0.372 e. The van der Waals surface area contributed by atoms with Gasteiger partial charge in [0.15, 0.2) is 0 Å². The summed E-state index contributed by atoms with van der Waals surface area (Å²) in [5.74, 6) is 0.454. The Morgan fingerprint density at radius 3 is 2.29 bits per heavy atom. The van der Waals surface area contributed by atoms with Gasteiger partial charge in [-0.1, -0.05) is 37.3 Å². The zero-order valence-corrected chi connectivity index (χ0v) is 14.9. The first kappa shape index (κ1) is 16.7. The van der Waals surface area contributed by atoms with Crippen LogP contribution >= 0.6 is 0 Å². The Labute approximate surface area is 129 Å². The molecule has 0 aromatic heterocycles. The third-order valence-electron chi connectivity index (χ3n) is 4.15. The number of benzene rings is 1. The quantitative estimate of drug-likeness (QED) is 0.724. The van der Waals surface area contributed by atoms with E-state index in [-0.39, 0.29) is 11.7 Å². The van der Waals surface area contributed by atoms with E-state index < -0.39 is 8.56 Å². The normalized spacial score (nSPS) is 19.3. The van der Waals surface area contributed by atoms with Gasteiger partial charge in [0.25, 0.3) is 0 Å². The SMILES string of the molecule is CC[Si](OC(C)C)(OC(C)(C)C1COC1)c1ccccc1. The average Bonchev–Trinajstić information content (AvgIpc) is 2.35. The van der Waals surface area contributed by atoms with E-state index in [4.69, 9.17) is 13.6 Å². The van der Waals surface area contributed by atoms with Crippen LogP contribution in [0.5, 0.6) is 0 Å². The predicted molar refractivity (Wildman–Crippen MR) is 88.0 cm³/mol. The zero-order chi connectivity index (χ0) is 15.5. The van der Waals surface area contributed by atoms with Crippen molar-refractivity contribution < 1.29 is 13.6 Å². The van der Waals surface area contributed by atoms with Gasteiger partial charge in [0.2, 0.25) is 0 Å². The third-order valence-corrected chi connectivity index (χ3v) is 8.01. The molecule has 0 bridgehead atoms. The van der Waals surface area contributed by atoms with Crippen molar-refractivity contribution in [3.05, 3.63) is 30.3 Å². The largest absolute Gasteiger partial charge is 0.388 e. The molecule has 2 rings (SSSR count). The summed E-state index contributed by atoms with van der Waals surface area (Å²) < 4.78 is 18.5. The zero-order valence-electron chi connectivity index (χ0n) is 13.9. The number of hydrogen-bond donors (Lipinski definition) is 0. The highest BCUT2D eigenvalue weighted by atomic mass is 28.4. The van der Waals surface area contributed by atoms with E-state index >= 15 is 0 Å². The van der Waals surface area contributed by atoms with Gasteiger partial charge < -0.3 is 13.6 Å². The van der Waals surface area contributed by atoms with E-state index in [2.05, 4.69) is 58.9 Å². The predicted octanol–water partition coefficient (Wildman–Crippen LogP) is 3.22. The van der Waals surface area contributed by atoms with Crippen LogP contribution < -0.4 is 5.19 Å². The molecule has 0 N–H and O–H groups in total. The first-order valence-electron chi connectivity index (χ1n) is 7.91. The van der Waals surface area contributed by atoms with Crippen molar-refractivity contribution in [2.45, 2.75) is 52.4 Å². The Hall–Kier alpha value is -0.683. The number of ether oxygens (including phenoxy) is 1. The van der Waals surface area contributed by atoms with Crippen LogP contribution in [0.2, 0.25) is 6.04 Å². The number of hydrogen-bond acceptors (Lipinski definition) is 3. The lowest BCUT2D eigenvalue weighted by molar-refractivity contribution is -0.129. The molecule has 0 radical (unpaired) electrons. The van der Waals surface area contributed by atoms with Crippen LogP contribution in [-0.2, 0) is 13.6 Å². The summed E-state index contributed by atoms with van der Waals surface area (Å²) >= 11 is 0. The molecule has 1 aliphatic heterocycles. The maximum atomic E-state index is 6.71. The topological polar surface area (TPSA) is 27.7 Å². The van der Waals surface area contributed by atoms with Gasteiger partial charge in [-0.15, -0.1) is 0 Å². The third kappa shape index (κ3) is 3.75. The summed E-state index contributed by atoms with van der Waals surface area (Å²) in [6.07, 6.45) is 0.158. The highest BCUT2D eigenvalue weighted by Crippen LogP contribution is 2.32. The summed E-state index contributed by atoms with van der Waals surface area (Å²) in [6, 6.07) is 11.4. The maximum absolute atomic E-state index is 6.71. The van der Waals surface area contributed by atoms with Crippen LogP contribution in [0.3, 0.4) is 0 Å². The molecule has 1 heterocycles. The standard InChI is InChI=1S/C17H28O3Si/c1-6-21(19-14(2)3,16-10-8-7-9-11-16)20-17(4,5)15-12-18-13-15/h7-11,14-15H,6,12-13H2,1-5H3. The highest BCUT2D eigenvalue weighted by Gasteiger charge is 2.47. The van der Waals surface area contributed by atoms with Gasteiger partial charge in [-0.3, -0.25) is 0 Å². The van der Waals surface area contributed by atoms with Crippen molar-refractivity contribution in [1.29, 1.82) is 0 Å². The summed E-state index contributed by atoms with van der Waals surface area (Å²) in [5, 5.41) is 1.22. The molecule has 1 fully saturated rings. The minimum atomic E-state index is -2.44. The van der Waals surface area contributed by atoms with Crippen molar-refractivity contribution >= 4 is 13.7 Å². The van der Waals surface area contributed by atoms with Gasteiger partial charge in [0, 0.05) is 12.0 Å². The van der Waals surface area contributed by atoms with Crippen molar-refractivity contribution in [2.75, 3.05) is 13.2 Å². The van der Waals surface area contributed by atoms with E-state index in [1.807, 2.05) is 6.07 Å². The fourth-order valence-corrected chi connectivity index (χ4v) is 6.23. The molecule has 0 saturated carbocycles. The van der Waals surface area contributed by atoms with E-state index in [0.29, 0.717) is 5.92 Å². The summed E-state index contributed by atoms with van der Waals surface area (Å²) in [4.78, 5) is 0. The lowest BCUT2D eigenvalue weighted by Crippen LogP contribution is -2.61. The molecule has 1 unspecified atom stereocenters. The van der Waals surface area contributed by atoms with Crippen molar-refractivity contribution in [3.63, 3.8) is 0 Å². The molecular formula is C17H28O3Si. The summed E-state index contributed by atoms with van der Waals surface area (Å²) in [7, 11) is -2.44. The molecule has 1 aromatic rings. The Kier molecular flexibility index (Phi) is 5.25. The number of rotatable bonds is 7. The van der Waals surface area contributed by atoms with E-state index in [0.717, 1.165) is 19.3 Å². The van der Waals surface area contributed by atoms with Crippen LogP contribution in [0, 0.1) is 5.92 Å². The minimum absolute atomic E-state index is 0.158. The van der Waals surface area contributed by atoms with Gasteiger partial charge in [-0.05, 0) is 38.9 Å². The minimum Gasteiger partial charge on any atom is -0.388 e. The maximum Gasteiger partial charge on any atom is 0.372 e. The van der Waals surface area contributed by atoms with Crippen LogP contribution in [0.15, 0.2) is 30.3 Å². The monoisotopic (exact) mass is 308 g/mol. The van der Waals surface area contributed by atoms with Crippen molar-refractivity contribution in [3.8, 4) is 0 Å². The molecule has 1 saturated heterocycles. The van der Waals surface area contributed by atoms with Crippen molar-refractivity contribution in [1.82, 2.24) is 0 Å². The van der Waals surface area contributed by atoms with Crippen LogP contribution in [0.4, 0.5) is 0 Å². The second-order valence-corrected chi connectivity index (χ2v) is 9.81.